The molecule has 1 aromatic carbocycles. The minimum absolute atomic E-state index is 0. The number of ether oxygens (including phenoxy) is 2. The van der Waals surface area contributed by atoms with Gasteiger partial charge in [-0.25, -0.2) is 0 Å². The van der Waals surface area contributed by atoms with Crippen LogP contribution in [0, 0.1) is 0 Å². The Morgan fingerprint density at radius 2 is 1.96 bits per heavy atom. The third-order valence-electron chi connectivity index (χ3n) is 5.23. The molecule has 5 nitrogen and oxygen atoms in total. The Balaban J connectivity index is 0.00000280. The van der Waals surface area contributed by atoms with Gasteiger partial charge in [0, 0.05) is 50.9 Å². The molecule has 1 aromatic rings. The van der Waals surface area contributed by atoms with Crippen LogP contribution in [0.15, 0.2) is 29.3 Å². The summed E-state index contributed by atoms with van der Waals surface area (Å²) >= 11 is 2.08. The molecule has 2 aliphatic heterocycles. The Bertz CT molecular complexity index is 594. The van der Waals surface area contributed by atoms with Crippen molar-refractivity contribution in [1.29, 1.82) is 0 Å². The van der Waals surface area contributed by atoms with Gasteiger partial charge in [-0.1, -0.05) is 31.2 Å². The van der Waals surface area contributed by atoms with E-state index >= 15 is 0 Å². The normalized spacial score (nSPS) is 21.3. The van der Waals surface area contributed by atoms with Crippen molar-refractivity contribution in [2.45, 2.75) is 50.7 Å². The van der Waals surface area contributed by atoms with Crippen molar-refractivity contribution >= 4 is 41.7 Å². The lowest BCUT2D eigenvalue weighted by Gasteiger charge is -2.34. The summed E-state index contributed by atoms with van der Waals surface area (Å²) in [4.78, 5) is 6.88. The lowest BCUT2D eigenvalue weighted by atomic mass is 10.1. The molecular weight excluding hydrogens is 485 g/mol. The third kappa shape index (κ3) is 7.39. The van der Waals surface area contributed by atoms with Crippen LogP contribution in [0.1, 0.15) is 37.3 Å². The van der Waals surface area contributed by atoms with E-state index in [2.05, 4.69) is 58.2 Å². The van der Waals surface area contributed by atoms with Gasteiger partial charge < -0.3 is 19.7 Å². The molecule has 0 radical (unpaired) electrons. The molecule has 1 atom stereocenters. The number of benzene rings is 1. The lowest BCUT2D eigenvalue weighted by Crippen LogP contribution is -2.47. The van der Waals surface area contributed by atoms with E-state index in [-0.39, 0.29) is 24.0 Å². The highest BCUT2D eigenvalue weighted by atomic mass is 127. The number of nitrogens with zero attached hydrogens (tertiary/aromatic N) is 2. The molecule has 0 aromatic heterocycles. The molecule has 0 aliphatic carbocycles. The van der Waals surface area contributed by atoms with Crippen LogP contribution in [-0.4, -0.2) is 61.3 Å². The van der Waals surface area contributed by atoms with Crippen molar-refractivity contribution in [2.75, 3.05) is 39.1 Å². The van der Waals surface area contributed by atoms with E-state index in [1.165, 1.54) is 23.3 Å². The largest absolute Gasteiger partial charge is 0.381 e. The van der Waals surface area contributed by atoms with Crippen LogP contribution >= 0.6 is 35.7 Å². The van der Waals surface area contributed by atoms with Gasteiger partial charge in [-0.05, 0) is 30.4 Å². The Morgan fingerprint density at radius 1 is 1.25 bits per heavy atom. The van der Waals surface area contributed by atoms with Gasteiger partial charge in [0.1, 0.15) is 0 Å². The molecule has 1 unspecified atom stereocenters. The van der Waals surface area contributed by atoms with Gasteiger partial charge in [0.05, 0.1) is 12.7 Å². The maximum absolute atomic E-state index is 6.00. The zero-order valence-corrected chi connectivity index (χ0v) is 20.2. The minimum atomic E-state index is 0. The Labute approximate surface area is 191 Å². The fourth-order valence-corrected chi connectivity index (χ4v) is 4.66. The van der Waals surface area contributed by atoms with E-state index in [1.54, 1.807) is 0 Å². The Morgan fingerprint density at radius 3 is 2.64 bits per heavy atom. The highest BCUT2D eigenvalue weighted by molar-refractivity contribution is 14.0. The Hall–Kier alpha value is -0.510. The highest BCUT2D eigenvalue weighted by Crippen LogP contribution is 2.21. The van der Waals surface area contributed by atoms with Gasteiger partial charge in [-0.3, -0.25) is 4.99 Å². The smallest absolute Gasteiger partial charge is 0.193 e. The molecule has 0 spiro atoms. The van der Waals surface area contributed by atoms with Crippen molar-refractivity contribution in [3.8, 4) is 0 Å². The fraction of sp³-hybridized carbons (Fsp3) is 0.667. The van der Waals surface area contributed by atoms with Crippen LogP contribution < -0.4 is 5.32 Å². The van der Waals surface area contributed by atoms with E-state index in [0.29, 0.717) is 18.0 Å². The number of hydrogen-bond acceptors (Lipinski definition) is 4. The molecule has 0 bridgehead atoms. The van der Waals surface area contributed by atoms with Crippen LogP contribution in [0.3, 0.4) is 0 Å². The number of rotatable bonds is 6. The summed E-state index contributed by atoms with van der Waals surface area (Å²) in [5.74, 6) is 2.20. The molecule has 2 aliphatic rings. The zero-order valence-electron chi connectivity index (χ0n) is 17.1. The molecule has 28 heavy (non-hydrogen) atoms. The first-order chi connectivity index (χ1) is 13.3. The third-order valence-corrected chi connectivity index (χ3v) is 6.61. The maximum Gasteiger partial charge on any atom is 0.193 e. The summed E-state index contributed by atoms with van der Waals surface area (Å²) in [6.45, 7) is 7.56. The molecule has 3 rings (SSSR count). The van der Waals surface area contributed by atoms with Crippen molar-refractivity contribution in [3.05, 3.63) is 35.4 Å². The van der Waals surface area contributed by atoms with Crippen LogP contribution in [0.5, 0.6) is 0 Å². The average molecular weight is 519 g/mol. The van der Waals surface area contributed by atoms with E-state index < -0.39 is 0 Å². The number of thioether (sulfide) groups is 1. The monoisotopic (exact) mass is 519 g/mol. The summed E-state index contributed by atoms with van der Waals surface area (Å²) in [6, 6.07) is 8.71. The quantitative estimate of drug-likeness (QED) is 0.351. The summed E-state index contributed by atoms with van der Waals surface area (Å²) in [5, 5.41) is 4.24. The van der Waals surface area contributed by atoms with Crippen molar-refractivity contribution in [2.24, 2.45) is 4.99 Å². The number of hydrogen-bond donors (Lipinski definition) is 1. The van der Waals surface area contributed by atoms with Gasteiger partial charge in [0.2, 0.25) is 0 Å². The van der Waals surface area contributed by atoms with E-state index in [0.717, 1.165) is 51.6 Å². The first-order valence-corrected chi connectivity index (χ1v) is 11.2. The topological polar surface area (TPSA) is 46.1 Å². The molecular formula is C21H34IN3O2S. The molecule has 0 saturated carbocycles. The Kier molecular flexibility index (Phi) is 11.0. The molecule has 2 saturated heterocycles. The standard InChI is InChI=1S/C21H33N3O2S.HI/c1-3-20-15-24(10-13-27-20)21(22-2)23-14-17-4-6-18(7-5-17)16-26-19-8-11-25-12-9-19;/h4-7,19-20H,3,8-16H2,1-2H3,(H,22,23);1H. The second kappa shape index (κ2) is 12.9. The number of guanidine groups is 1. The van der Waals surface area contributed by atoms with Crippen LogP contribution in [-0.2, 0) is 22.6 Å². The lowest BCUT2D eigenvalue weighted by molar-refractivity contribution is -0.0390. The first kappa shape index (κ1) is 23.8. The van der Waals surface area contributed by atoms with Gasteiger partial charge in [0.15, 0.2) is 5.96 Å². The maximum atomic E-state index is 6.00. The van der Waals surface area contributed by atoms with Gasteiger partial charge in [-0.2, -0.15) is 11.8 Å². The van der Waals surface area contributed by atoms with Crippen LogP contribution in [0.4, 0.5) is 0 Å². The zero-order chi connectivity index (χ0) is 18.9. The second-order valence-corrected chi connectivity index (χ2v) is 8.60. The number of nitrogens with one attached hydrogen (secondary N) is 1. The fourth-order valence-electron chi connectivity index (χ4n) is 3.48. The van der Waals surface area contributed by atoms with E-state index in [1.807, 2.05) is 7.05 Å². The predicted molar refractivity (Wildman–Crippen MR) is 129 cm³/mol. The number of halogens is 1. The number of aliphatic imine (C=N–C) groups is 1. The second-order valence-electron chi connectivity index (χ2n) is 7.19. The van der Waals surface area contributed by atoms with E-state index in [9.17, 15) is 0 Å². The van der Waals surface area contributed by atoms with Crippen LogP contribution in [0.2, 0.25) is 0 Å². The SMILES string of the molecule is CCC1CN(C(=NC)NCc2ccc(COC3CCOCC3)cc2)CCS1.I. The molecule has 1 N–H and O–H groups in total. The van der Waals surface area contributed by atoms with Crippen molar-refractivity contribution in [1.82, 2.24) is 10.2 Å². The highest BCUT2D eigenvalue weighted by Gasteiger charge is 2.21. The van der Waals surface area contributed by atoms with Crippen molar-refractivity contribution in [3.63, 3.8) is 0 Å². The molecule has 7 heteroatoms. The van der Waals surface area contributed by atoms with Gasteiger partial charge in [-0.15, -0.1) is 24.0 Å². The van der Waals surface area contributed by atoms with E-state index in [4.69, 9.17) is 9.47 Å². The van der Waals surface area contributed by atoms with Gasteiger partial charge >= 0.3 is 0 Å². The molecule has 2 heterocycles. The first-order valence-electron chi connectivity index (χ1n) is 10.1. The molecule has 2 fully saturated rings. The van der Waals surface area contributed by atoms with Gasteiger partial charge in [0.25, 0.3) is 0 Å². The molecule has 0 amide bonds. The summed E-state index contributed by atoms with van der Waals surface area (Å²) in [5.41, 5.74) is 2.50. The summed E-state index contributed by atoms with van der Waals surface area (Å²) in [6.07, 6.45) is 3.58. The summed E-state index contributed by atoms with van der Waals surface area (Å²) < 4.78 is 11.4. The average Bonchev–Trinajstić information content (AvgIpc) is 2.74. The molecule has 158 valence electrons. The minimum Gasteiger partial charge on any atom is -0.381 e. The predicted octanol–water partition coefficient (Wildman–Crippen LogP) is 3.90. The van der Waals surface area contributed by atoms with Crippen LogP contribution in [0.25, 0.3) is 0 Å². The van der Waals surface area contributed by atoms with Crippen molar-refractivity contribution < 1.29 is 9.47 Å². The summed E-state index contributed by atoms with van der Waals surface area (Å²) in [7, 11) is 1.88.